The van der Waals surface area contributed by atoms with Crippen molar-refractivity contribution < 1.29 is 4.74 Å². The first-order valence-electron chi connectivity index (χ1n) is 9.25. The van der Waals surface area contributed by atoms with Gasteiger partial charge in [-0.3, -0.25) is 4.90 Å². The van der Waals surface area contributed by atoms with Crippen molar-refractivity contribution in [1.82, 2.24) is 19.9 Å². The van der Waals surface area contributed by atoms with Crippen LogP contribution < -0.4 is 11.1 Å². The molecular formula is C19H26N6O. The molecule has 2 saturated heterocycles. The smallest absolute Gasteiger partial charge is 0.232 e. The molecule has 7 nitrogen and oxygen atoms in total. The number of ether oxygens (including phenoxy) is 1. The van der Waals surface area contributed by atoms with Crippen molar-refractivity contribution in [3.63, 3.8) is 0 Å². The van der Waals surface area contributed by atoms with Gasteiger partial charge in [-0.25, -0.2) is 0 Å². The van der Waals surface area contributed by atoms with Gasteiger partial charge in [0.25, 0.3) is 0 Å². The Balaban J connectivity index is 1.47. The number of nitrogens with one attached hydrogen (secondary N) is 1. The number of piperidine rings is 1. The Bertz CT molecular complexity index is 774. The molecule has 3 N–H and O–H groups in total. The van der Waals surface area contributed by atoms with E-state index in [1.165, 1.54) is 18.4 Å². The van der Waals surface area contributed by atoms with Gasteiger partial charge in [-0.15, -0.1) is 0 Å². The first-order chi connectivity index (χ1) is 12.6. The molecule has 2 aliphatic heterocycles. The summed E-state index contributed by atoms with van der Waals surface area (Å²) in [7, 11) is 0. The minimum Gasteiger partial charge on any atom is -0.381 e. The van der Waals surface area contributed by atoms with E-state index < -0.39 is 0 Å². The van der Waals surface area contributed by atoms with Gasteiger partial charge in [-0.1, -0.05) is 12.1 Å². The molecule has 0 aliphatic carbocycles. The third kappa shape index (κ3) is 3.94. The van der Waals surface area contributed by atoms with E-state index in [1.807, 2.05) is 18.2 Å². The molecule has 1 aromatic carbocycles. The summed E-state index contributed by atoms with van der Waals surface area (Å²) in [6.45, 7) is 6.61. The number of aryl methyl sites for hydroxylation is 1. The van der Waals surface area contributed by atoms with Crippen molar-refractivity contribution in [2.45, 2.75) is 32.7 Å². The molecule has 2 aromatic rings. The maximum absolute atomic E-state index is 5.92. The lowest BCUT2D eigenvalue weighted by Gasteiger charge is -2.39. The lowest BCUT2D eigenvalue weighted by Crippen LogP contribution is -2.43. The molecule has 26 heavy (non-hydrogen) atoms. The minimum absolute atomic E-state index is 0.251. The molecule has 1 atom stereocenters. The van der Waals surface area contributed by atoms with Gasteiger partial charge in [-0.2, -0.15) is 15.0 Å². The highest BCUT2D eigenvalue weighted by Gasteiger charge is 2.38. The molecule has 0 saturated carbocycles. The number of hydrogen-bond acceptors (Lipinski definition) is 7. The fourth-order valence-corrected chi connectivity index (χ4v) is 4.03. The first-order valence-corrected chi connectivity index (χ1v) is 9.25. The summed E-state index contributed by atoms with van der Waals surface area (Å²) in [4.78, 5) is 15.6. The van der Waals surface area contributed by atoms with Crippen LogP contribution in [0.15, 0.2) is 24.3 Å². The van der Waals surface area contributed by atoms with E-state index in [1.54, 1.807) is 0 Å². The molecule has 3 heterocycles. The lowest BCUT2D eigenvalue weighted by atomic mass is 9.79. The van der Waals surface area contributed by atoms with Crippen molar-refractivity contribution in [3.05, 3.63) is 35.7 Å². The Morgan fingerprint density at radius 3 is 3.00 bits per heavy atom. The lowest BCUT2D eigenvalue weighted by molar-refractivity contribution is 0.0631. The molecule has 0 radical (unpaired) electrons. The second-order valence-corrected chi connectivity index (χ2v) is 7.54. The Kier molecular flexibility index (Phi) is 4.74. The predicted octanol–water partition coefficient (Wildman–Crippen LogP) is 2.51. The standard InChI is InChI=1S/C19H26N6O/c1-14-4-2-5-15(10-14)21-18-23-16(22-17(20)24-18)11-25-8-3-6-19(12-25)7-9-26-13-19/h2,4-5,10H,3,6-9,11-13H2,1H3,(H3,20,21,22,23,24)/t19-/m1/s1. The number of benzene rings is 1. The molecule has 138 valence electrons. The third-order valence-corrected chi connectivity index (χ3v) is 5.26. The summed E-state index contributed by atoms with van der Waals surface area (Å²) in [6, 6.07) is 8.09. The van der Waals surface area contributed by atoms with Crippen LogP contribution in [0, 0.1) is 12.3 Å². The number of likely N-dealkylation sites (tertiary alicyclic amines) is 1. The first kappa shape index (κ1) is 17.2. The van der Waals surface area contributed by atoms with Crippen molar-refractivity contribution in [3.8, 4) is 0 Å². The van der Waals surface area contributed by atoms with Crippen LogP contribution in [0.3, 0.4) is 0 Å². The van der Waals surface area contributed by atoms with Gasteiger partial charge in [0.15, 0.2) is 0 Å². The van der Waals surface area contributed by atoms with Crippen molar-refractivity contribution in [2.75, 3.05) is 37.4 Å². The molecule has 1 spiro atoms. The monoisotopic (exact) mass is 354 g/mol. The predicted molar refractivity (Wildman–Crippen MR) is 101 cm³/mol. The minimum atomic E-state index is 0.251. The molecule has 1 aromatic heterocycles. The molecule has 0 bridgehead atoms. The van der Waals surface area contributed by atoms with E-state index in [0.29, 0.717) is 23.7 Å². The zero-order chi connectivity index (χ0) is 18.0. The Labute approximate surface area is 154 Å². The average Bonchev–Trinajstić information content (AvgIpc) is 3.02. The van der Waals surface area contributed by atoms with Gasteiger partial charge in [0, 0.05) is 24.3 Å². The summed E-state index contributed by atoms with van der Waals surface area (Å²) < 4.78 is 5.65. The van der Waals surface area contributed by atoms with E-state index in [0.717, 1.165) is 38.4 Å². The topological polar surface area (TPSA) is 89.2 Å². The Hall–Kier alpha value is -2.25. The van der Waals surface area contributed by atoms with Gasteiger partial charge in [0.1, 0.15) is 5.82 Å². The summed E-state index contributed by atoms with van der Waals surface area (Å²) in [5.41, 5.74) is 8.36. The molecule has 2 aliphatic rings. The van der Waals surface area contributed by atoms with Crippen LogP contribution in [-0.2, 0) is 11.3 Å². The van der Waals surface area contributed by atoms with Gasteiger partial charge in [0.2, 0.25) is 11.9 Å². The van der Waals surface area contributed by atoms with Crippen LogP contribution in [-0.4, -0.2) is 46.2 Å². The molecule has 0 unspecified atom stereocenters. The number of nitrogens with zero attached hydrogens (tertiary/aromatic N) is 4. The number of nitrogen functional groups attached to an aromatic ring is 1. The van der Waals surface area contributed by atoms with E-state index >= 15 is 0 Å². The number of rotatable bonds is 4. The van der Waals surface area contributed by atoms with Crippen molar-refractivity contribution >= 4 is 17.6 Å². The highest BCUT2D eigenvalue weighted by atomic mass is 16.5. The quantitative estimate of drug-likeness (QED) is 0.872. The van der Waals surface area contributed by atoms with Crippen LogP contribution in [0.5, 0.6) is 0 Å². The van der Waals surface area contributed by atoms with Gasteiger partial charge in [0.05, 0.1) is 13.2 Å². The fraction of sp³-hybridized carbons (Fsp3) is 0.526. The average molecular weight is 354 g/mol. The highest BCUT2D eigenvalue weighted by molar-refractivity contribution is 5.54. The fourth-order valence-electron chi connectivity index (χ4n) is 4.03. The van der Waals surface area contributed by atoms with Gasteiger partial charge >= 0.3 is 0 Å². The molecular weight excluding hydrogens is 328 g/mol. The highest BCUT2D eigenvalue weighted by Crippen LogP contribution is 2.37. The zero-order valence-electron chi connectivity index (χ0n) is 15.2. The molecule has 7 heteroatoms. The van der Waals surface area contributed by atoms with Crippen LogP contribution in [0.25, 0.3) is 0 Å². The zero-order valence-corrected chi connectivity index (χ0v) is 15.2. The second kappa shape index (κ2) is 7.17. The normalized spacial score (nSPS) is 23.4. The largest absolute Gasteiger partial charge is 0.381 e. The molecule has 0 amide bonds. The summed E-state index contributed by atoms with van der Waals surface area (Å²) in [6.07, 6.45) is 3.60. The number of hydrogen-bond donors (Lipinski definition) is 2. The van der Waals surface area contributed by atoms with Crippen molar-refractivity contribution in [1.29, 1.82) is 0 Å². The van der Waals surface area contributed by atoms with E-state index in [9.17, 15) is 0 Å². The second-order valence-electron chi connectivity index (χ2n) is 7.54. The SMILES string of the molecule is Cc1cccc(Nc2nc(N)nc(CN3CCC[C@@]4(CCOC4)C3)n2)c1. The number of aromatic nitrogens is 3. The van der Waals surface area contributed by atoms with Crippen LogP contribution in [0.1, 0.15) is 30.7 Å². The maximum atomic E-state index is 5.92. The molecule has 4 rings (SSSR count). The summed E-state index contributed by atoms with van der Waals surface area (Å²) in [5.74, 6) is 1.46. The Morgan fingerprint density at radius 1 is 1.27 bits per heavy atom. The van der Waals surface area contributed by atoms with E-state index in [4.69, 9.17) is 10.5 Å². The third-order valence-electron chi connectivity index (χ3n) is 5.26. The van der Waals surface area contributed by atoms with Crippen LogP contribution >= 0.6 is 0 Å². The van der Waals surface area contributed by atoms with E-state index in [2.05, 4.69) is 38.2 Å². The van der Waals surface area contributed by atoms with Crippen LogP contribution in [0.4, 0.5) is 17.6 Å². The van der Waals surface area contributed by atoms with Crippen LogP contribution in [0.2, 0.25) is 0 Å². The number of nitrogens with two attached hydrogens (primary N) is 1. The van der Waals surface area contributed by atoms with E-state index in [-0.39, 0.29) is 5.95 Å². The summed E-state index contributed by atoms with van der Waals surface area (Å²) >= 11 is 0. The van der Waals surface area contributed by atoms with Gasteiger partial charge in [-0.05, 0) is 50.4 Å². The molecule has 2 fully saturated rings. The Morgan fingerprint density at radius 2 is 2.19 bits per heavy atom. The summed E-state index contributed by atoms with van der Waals surface area (Å²) in [5, 5.41) is 3.23. The number of anilines is 3. The van der Waals surface area contributed by atoms with Crippen molar-refractivity contribution in [2.24, 2.45) is 5.41 Å². The maximum Gasteiger partial charge on any atom is 0.232 e. The van der Waals surface area contributed by atoms with Gasteiger partial charge < -0.3 is 15.8 Å².